The van der Waals surface area contributed by atoms with Gasteiger partial charge in [0.05, 0.1) is 6.54 Å². The molecule has 1 aliphatic heterocycles. The molecule has 4 heteroatoms. The van der Waals surface area contributed by atoms with Gasteiger partial charge in [-0.05, 0) is 51.1 Å². The van der Waals surface area contributed by atoms with Gasteiger partial charge < -0.3 is 11.1 Å². The monoisotopic (exact) mass is 316 g/mol. The lowest BCUT2D eigenvalue weighted by molar-refractivity contribution is 0.0775. The zero-order chi connectivity index (χ0) is 16.7. The Labute approximate surface area is 141 Å². The van der Waals surface area contributed by atoms with E-state index in [1.165, 1.54) is 31.5 Å². The quantitative estimate of drug-likeness (QED) is 0.626. The predicted octanol–water partition coefficient (Wildman–Crippen LogP) is 2.64. The second-order valence-electron chi connectivity index (χ2n) is 7.37. The van der Waals surface area contributed by atoms with Gasteiger partial charge in [-0.2, -0.15) is 0 Å². The van der Waals surface area contributed by atoms with Crippen molar-refractivity contribution in [3.63, 3.8) is 0 Å². The largest absolute Gasteiger partial charge is 0.370 e. The van der Waals surface area contributed by atoms with Crippen molar-refractivity contribution in [2.75, 3.05) is 26.2 Å². The van der Waals surface area contributed by atoms with Crippen LogP contribution in [0.1, 0.15) is 39.2 Å². The minimum atomic E-state index is 0.0699. The first-order chi connectivity index (χ1) is 11.0. The summed E-state index contributed by atoms with van der Waals surface area (Å²) in [7, 11) is 0. The van der Waals surface area contributed by atoms with Gasteiger partial charge in [-0.1, -0.05) is 37.3 Å². The van der Waals surface area contributed by atoms with Crippen molar-refractivity contribution in [2.24, 2.45) is 16.6 Å². The molecule has 1 saturated heterocycles. The Hall–Kier alpha value is -1.55. The number of guanidine groups is 1. The lowest BCUT2D eigenvalue weighted by Crippen LogP contribution is -2.51. The zero-order valence-corrected chi connectivity index (χ0v) is 14.9. The van der Waals surface area contributed by atoms with Gasteiger partial charge in [0.25, 0.3) is 0 Å². The van der Waals surface area contributed by atoms with Crippen molar-refractivity contribution in [3.05, 3.63) is 35.9 Å². The van der Waals surface area contributed by atoms with Crippen LogP contribution in [0.3, 0.4) is 0 Å². The normalized spacial score (nSPS) is 20.5. The molecule has 23 heavy (non-hydrogen) atoms. The smallest absolute Gasteiger partial charge is 0.188 e. The van der Waals surface area contributed by atoms with Crippen LogP contribution in [0.4, 0.5) is 0 Å². The van der Waals surface area contributed by atoms with Crippen LogP contribution in [0.25, 0.3) is 0 Å². The number of hydrogen-bond acceptors (Lipinski definition) is 2. The van der Waals surface area contributed by atoms with Gasteiger partial charge in [0.1, 0.15) is 0 Å². The minimum Gasteiger partial charge on any atom is -0.370 e. The summed E-state index contributed by atoms with van der Waals surface area (Å²) in [5.74, 6) is 1.34. The molecule has 2 rings (SSSR count). The number of rotatable bonds is 6. The first-order valence-electron chi connectivity index (χ1n) is 8.80. The van der Waals surface area contributed by atoms with Crippen LogP contribution in [0.5, 0.6) is 0 Å². The summed E-state index contributed by atoms with van der Waals surface area (Å²) in [6.45, 7) is 10.8. The Morgan fingerprint density at radius 1 is 1.35 bits per heavy atom. The Balaban J connectivity index is 1.76. The molecule has 0 saturated carbocycles. The number of nitrogens with two attached hydrogens (primary N) is 1. The molecule has 0 amide bonds. The number of piperidine rings is 1. The second kappa shape index (κ2) is 8.34. The Morgan fingerprint density at radius 2 is 2.09 bits per heavy atom. The molecular weight excluding hydrogens is 284 g/mol. The molecule has 0 bridgehead atoms. The van der Waals surface area contributed by atoms with Gasteiger partial charge in [-0.3, -0.25) is 9.89 Å². The molecule has 1 atom stereocenters. The Bertz CT molecular complexity index is 495. The molecule has 1 aromatic rings. The molecule has 0 aromatic heterocycles. The van der Waals surface area contributed by atoms with E-state index in [4.69, 9.17) is 5.73 Å². The van der Waals surface area contributed by atoms with E-state index in [-0.39, 0.29) is 5.54 Å². The molecule has 1 aliphatic rings. The summed E-state index contributed by atoms with van der Waals surface area (Å²) in [6.07, 6.45) is 3.60. The van der Waals surface area contributed by atoms with E-state index in [0.717, 1.165) is 25.4 Å². The van der Waals surface area contributed by atoms with E-state index in [0.29, 0.717) is 5.96 Å². The van der Waals surface area contributed by atoms with Crippen molar-refractivity contribution >= 4 is 5.96 Å². The summed E-state index contributed by atoms with van der Waals surface area (Å²) in [5, 5.41) is 3.22. The highest BCUT2D eigenvalue weighted by Crippen LogP contribution is 2.23. The highest BCUT2D eigenvalue weighted by atomic mass is 15.2. The second-order valence-corrected chi connectivity index (χ2v) is 7.37. The van der Waals surface area contributed by atoms with Crippen LogP contribution < -0.4 is 11.1 Å². The summed E-state index contributed by atoms with van der Waals surface area (Å²) in [6, 6.07) is 10.4. The van der Waals surface area contributed by atoms with Crippen molar-refractivity contribution in [1.29, 1.82) is 0 Å². The van der Waals surface area contributed by atoms with Crippen LogP contribution in [-0.4, -0.2) is 42.6 Å². The number of aliphatic imine (C=N–C) groups is 1. The van der Waals surface area contributed by atoms with Crippen LogP contribution in [0.2, 0.25) is 0 Å². The predicted molar refractivity (Wildman–Crippen MR) is 98.7 cm³/mol. The van der Waals surface area contributed by atoms with Crippen LogP contribution in [0.15, 0.2) is 35.3 Å². The topological polar surface area (TPSA) is 53.6 Å². The fourth-order valence-corrected chi connectivity index (χ4v) is 3.15. The highest BCUT2D eigenvalue weighted by Gasteiger charge is 2.29. The molecular formula is C19H32N4. The average Bonchev–Trinajstić information content (AvgIpc) is 2.54. The molecule has 3 N–H and O–H groups in total. The van der Waals surface area contributed by atoms with E-state index in [1.54, 1.807) is 0 Å². The summed E-state index contributed by atoms with van der Waals surface area (Å²) in [4.78, 5) is 7.13. The SMILES string of the molecule is CC1CCCN(C(C)(C)CN=C(N)NCCc2ccccc2)C1. The number of likely N-dealkylation sites (tertiary alicyclic amines) is 1. The molecule has 0 radical (unpaired) electrons. The van der Waals surface area contributed by atoms with Crippen LogP contribution in [0, 0.1) is 5.92 Å². The Morgan fingerprint density at radius 3 is 2.78 bits per heavy atom. The maximum absolute atomic E-state index is 6.02. The maximum atomic E-state index is 6.02. The van der Waals surface area contributed by atoms with Crippen molar-refractivity contribution in [3.8, 4) is 0 Å². The first kappa shape index (κ1) is 17.8. The van der Waals surface area contributed by atoms with E-state index >= 15 is 0 Å². The van der Waals surface area contributed by atoms with E-state index in [9.17, 15) is 0 Å². The van der Waals surface area contributed by atoms with Crippen molar-refractivity contribution < 1.29 is 0 Å². The van der Waals surface area contributed by atoms with E-state index < -0.39 is 0 Å². The van der Waals surface area contributed by atoms with Gasteiger partial charge in [-0.15, -0.1) is 0 Å². The third-order valence-corrected chi connectivity index (χ3v) is 4.71. The van der Waals surface area contributed by atoms with Gasteiger partial charge in [-0.25, -0.2) is 0 Å². The molecule has 128 valence electrons. The highest BCUT2D eigenvalue weighted by molar-refractivity contribution is 5.77. The molecule has 0 spiro atoms. The number of nitrogens with zero attached hydrogens (tertiary/aromatic N) is 2. The third-order valence-electron chi connectivity index (χ3n) is 4.71. The minimum absolute atomic E-state index is 0.0699. The van der Waals surface area contributed by atoms with E-state index in [1.807, 2.05) is 6.07 Å². The standard InChI is InChI=1S/C19H32N4/c1-16-8-7-13-23(14-16)19(2,3)15-22-18(20)21-12-11-17-9-5-4-6-10-17/h4-6,9-10,16H,7-8,11-15H2,1-3H3,(H3,20,21,22). The average molecular weight is 316 g/mol. The molecule has 0 aliphatic carbocycles. The van der Waals surface area contributed by atoms with Crippen LogP contribution >= 0.6 is 0 Å². The molecule has 1 unspecified atom stereocenters. The fourth-order valence-electron chi connectivity index (χ4n) is 3.15. The lowest BCUT2D eigenvalue weighted by Gasteiger charge is -2.42. The fraction of sp³-hybridized carbons (Fsp3) is 0.632. The number of hydrogen-bond donors (Lipinski definition) is 2. The summed E-state index contributed by atoms with van der Waals surface area (Å²) >= 11 is 0. The number of nitrogens with one attached hydrogen (secondary N) is 1. The van der Waals surface area contributed by atoms with Gasteiger partial charge in [0.15, 0.2) is 5.96 Å². The van der Waals surface area contributed by atoms with Gasteiger partial charge in [0, 0.05) is 18.6 Å². The van der Waals surface area contributed by atoms with Gasteiger partial charge in [0.2, 0.25) is 0 Å². The molecule has 1 fully saturated rings. The van der Waals surface area contributed by atoms with Crippen molar-refractivity contribution in [1.82, 2.24) is 10.2 Å². The molecule has 4 nitrogen and oxygen atoms in total. The lowest BCUT2D eigenvalue weighted by atomic mass is 9.94. The maximum Gasteiger partial charge on any atom is 0.188 e. The molecule has 1 heterocycles. The Kier molecular flexibility index (Phi) is 6.46. The van der Waals surface area contributed by atoms with Crippen molar-refractivity contribution in [2.45, 2.75) is 45.6 Å². The first-order valence-corrected chi connectivity index (χ1v) is 8.80. The van der Waals surface area contributed by atoms with Crippen LogP contribution in [-0.2, 0) is 6.42 Å². The van der Waals surface area contributed by atoms with E-state index in [2.05, 4.69) is 60.2 Å². The summed E-state index contributed by atoms with van der Waals surface area (Å²) < 4.78 is 0. The number of benzene rings is 1. The van der Waals surface area contributed by atoms with Gasteiger partial charge >= 0.3 is 0 Å². The zero-order valence-electron chi connectivity index (χ0n) is 14.9. The third kappa shape index (κ3) is 5.87. The summed E-state index contributed by atoms with van der Waals surface area (Å²) in [5.41, 5.74) is 7.41. The molecule has 1 aromatic carbocycles.